The summed E-state index contributed by atoms with van der Waals surface area (Å²) in [6, 6.07) is 14.6. The fraction of sp³-hybridized carbons (Fsp3) is 0.400. The molecule has 1 aliphatic rings. The maximum Gasteiger partial charge on any atom is 0.255 e. The molecule has 0 spiro atoms. The minimum absolute atomic E-state index is 0.0112. The summed E-state index contributed by atoms with van der Waals surface area (Å²) in [6.07, 6.45) is 0. The number of halogens is 1. The van der Waals surface area contributed by atoms with E-state index in [-0.39, 0.29) is 11.4 Å². The molecule has 2 heterocycles. The smallest absolute Gasteiger partial charge is 0.255 e. The highest BCUT2D eigenvalue weighted by Crippen LogP contribution is 2.23. The van der Waals surface area contributed by atoms with E-state index in [1.54, 1.807) is 12.1 Å². The second-order valence-corrected chi connectivity index (χ2v) is 7.90. The first-order chi connectivity index (χ1) is 15.7. The van der Waals surface area contributed by atoms with E-state index >= 15 is 0 Å². The number of nitrogens with one attached hydrogen (secondary N) is 1. The Morgan fingerprint density at radius 1 is 1.06 bits per heavy atom. The van der Waals surface area contributed by atoms with Crippen LogP contribution in [0.2, 0.25) is 0 Å². The van der Waals surface area contributed by atoms with Crippen LogP contribution >= 0.6 is 0 Å². The van der Waals surface area contributed by atoms with Crippen molar-refractivity contribution >= 4 is 16.6 Å². The Hall–Kier alpha value is -2.74. The molecule has 1 aliphatic heterocycles. The van der Waals surface area contributed by atoms with Crippen molar-refractivity contribution in [3.05, 3.63) is 75.8 Å². The van der Waals surface area contributed by atoms with Crippen molar-refractivity contribution in [1.29, 1.82) is 0 Å². The third kappa shape index (κ3) is 5.35. The second-order valence-electron chi connectivity index (χ2n) is 7.90. The zero-order valence-corrected chi connectivity index (χ0v) is 18.5. The van der Waals surface area contributed by atoms with Crippen molar-refractivity contribution in [2.45, 2.75) is 26.6 Å². The van der Waals surface area contributed by atoms with Crippen LogP contribution in [0.3, 0.4) is 0 Å². The van der Waals surface area contributed by atoms with Gasteiger partial charge in [-0.15, -0.1) is 0 Å². The van der Waals surface area contributed by atoms with Gasteiger partial charge in [0.2, 0.25) is 0 Å². The number of nitrogens with zero attached hydrogens (tertiary/aromatic N) is 2. The third-order valence-electron chi connectivity index (χ3n) is 5.75. The summed E-state index contributed by atoms with van der Waals surface area (Å²) in [6.45, 7) is 7.68. The lowest BCUT2D eigenvalue weighted by Gasteiger charge is -2.29. The Morgan fingerprint density at radius 3 is 2.59 bits per heavy atom. The number of aromatic nitrogens is 1. The molecule has 6 nitrogen and oxygen atoms in total. The van der Waals surface area contributed by atoms with E-state index in [2.05, 4.69) is 28.4 Å². The molecule has 1 saturated heterocycles. The molecule has 1 aromatic heterocycles. The standard InChI is InChI=1S/C25H30FN3O3/c1-2-31-14-11-29-24-16-23(28-9-12-32-13-10-28)8-5-20(24)15-21(25(29)30)18-27-17-19-3-6-22(26)7-4-19/h3-8,15-16,27H,2,9-14,17-18H2,1H3. The van der Waals surface area contributed by atoms with Crippen molar-refractivity contribution in [3.8, 4) is 0 Å². The van der Waals surface area contributed by atoms with Gasteiger partial charge in [0.25, 0.3) is 5.56 Å². The van der Waals surface area contributed by atoms with Gasteiger partial charge in [0.15, 0.2) is 0 Å². The summed E-state index contributed by atoms with van der Waals surface area (Å²) in [4.78, 5) is 15.6. The molecule has 4 rings (SSSR count). The van der Waals surface area contributed by atoms with Crippen LogP contribution in [-0.4, -0.2) is 44.1 Å². The summed E-state index contributed by atoms with van der Waals surface area (Å²) in [5.41, 5.74) is 3.69. The Kier molecular flexibility index (Phi) is 7.52. The SMILES string of the molecule is CCOCCn1c(=O)c(CNCc2ccc(F)cc2)cc2ccc(N3CCOCC3)cc21. The minimum Gasteiger partial charge on any atom is -0.380 e. The average molecular weight is 440 g/mol. The van der Waals surface area contributed by atoms with Crippen molar-refractivity contribution < 1.29 is 13.9 Å². The molecule has 1 N–H and O–H groups in total. The van der Waals surface area contributed by atoms with E-state index in [0.29, 0.717) is 51.6 Å². The lowest BCUT2D eigenvalue weighted by atomic mass is 10.1. The third-order valence-corrected chi connectivity index (χ3v) is 5.75. The largest absolute Gasteiger partial charge is 0.380 e. The molecule has 0 aliphatic carbocycles. The van der Waals surface area contributed by atoms with Crippen LogP contribution in [0.4, 0.5) is 10.1 Å². The average Bonchev–Trinajstić information content (AvgIpc) is 2.82. The van der Waals surface area contributed by atoms with Crippen LogP contribution < -0.4 is 15.8 Å². The number of hydrogen-bond acceptors (Lipinski definition) is 5. The van der Waals surface area contributed by atoms with Crippen molar-refractivity contribution in [3.63, 3.8) is 0 Å². The highest BCUT2D eigenvalue weighted by molar-refractivity contribution is 5.83. The number of rotatable bonds is 9. The number of hydrogen-bond donors (Lipinski definition) is 1. The van der Waals surface area contributed by atoms with Crippen molar-refractivity contribution in [2.75, 3.05) is 44.4 Å². The zero-order chi connectivity index (χ0) is 22.3. The van der Waals surface area contributed by atoms with Crippen molar-refractivity contribution in [1.82, 2.24) is 9.88 Å². The molecule has 170 valence electrons. The molecular weight excluding hydrogens is 409 g/mol. The maximum atomic E-state index is 13.3. The predicted octanol–water partition coefficient (Wildman–Crippen LogP) is 3.30. The summed E-state index contributed by atoms with van der Waals surface area (Å²) in [5, 5.41) is 4.34. The molecular formula is C25H30FN3O3. The lowest BCUT2D eigenvalue weighted by Crippen LogP contribution is -2.36. The molecule has 2 aromatic carbocycles. The molecule has 0 bridgehead atoms. The Morgan fingerprint density at radius 2 is 1.84 bits per heavy atom. The topological polar surface area (TPSA) is 55.7 Å². The van der Waals surface area contributed by atoms with Gasteiger partial charge in [0, 0.05) is 50.6 Å². The summed E-state index contributed by atoms with van der Waals surface area (Å²) >= 11 is 0. The van der Waals surface area contributed by atoms with Gasteiger partial charge in [0.05, 0.1) is 25.3 Å². The van der Waals surface area contributed by atoms with Gasteiger partial charge in [-0.2, -0.15) is 0 Å². The van der Waals surface area contributed by atoms with Gasteiger partial charge in [-0.3, -0.25) is 4.79 Å². The maximum absolute atomic E-state index is 13.3. The van der Waals surface area contributed by atoms with Gasteiger partial charge in [-0.05, 0) is 48.2 Å². The number of anilines is 1. The monoisotopic (exact) mass is 439 g/mol. The fourth-order valence-electron chi connectivity index (χ4n) is 4.03. The minimum atomic E-state index is -0.253. The van der Waals surface area contributed by atoms with E-state index in [9.17, 15) is 9.18 Å². The molecule has 0 unspecified atom stereocenters. The van der Waals surface area contributed by atoms with E-state index in [0.717, 1.165) is 35.2 Å². The number of morpholine rings is 1. The summed E-state index contributed by atoms with van der Waals surface area (Å²) < 4.78 is 25.9. The van der Waals surface area contributed by atoms with Crippen LogP contribution in [0.1, 0.15) is 18.1 Å². The number of fused-ring (bicyclic) bond motifs is 1. The summed E-state index contributed by atoms with van der Waals surface area (Å²) in [5.74, 6) is -0.253. The van der Waals surface area contributed by atoms with E-state index in [1.807, 2.05) is 17.6 Å². The Bertz CT molecular complexity index is 1090. The lowest BCUT2D eigenvalue weighted by molar-refractivity contribution is 0.122. The Labute approximate surface area is 187 Å². The zero-order valence-electron chi connectivity index (χ0n) is 18.5. The quantitative estimate of drug-likeness (QED) is 0.519. The molecule has 7 heteroatoms. The molecule has 0 atom stereocenters. The molecule has 0 amide bonds. The Balaban J connectivity index is 1.60. The fourth-order valence-corrected chi connectivity index (χ4v) is 4.03. The van der Waals surface area contributed by atoms with Crippen molar-refractivity contribution in [2.24, 2.45) is 0 Å². The predicted molar refractivity (Wildman–Crippen MR) is 125 cm³/mol. The number of pyridine rings is 1. The molecule has 32 heavy (non-hydrogen) atoms. The van der Waals surface area contributed by atoms with Gasteiger partial charge < -0.3 is 24.3 Å². The van der Waals surface area contributed by atoms with Crippen LogP contribution in [0.15, 0.2) is 53.3 Å². The molecule has 0 saturated carbocycles. The van der Waals surface area contributed by atoms with Crippen LogP contribution in [0.5, 0.6) is 0 Å². The first-order valence-corrected chi connectivity index (χ1v) is 11.2. The van der Waals surface area contributed by atoms with Gasteiger partial charge in [-0.1, -0.05) is 18.2 Å². The van der Waals surface area contributed by atoms with Crippen LogP contribution in [0.25, 0.3) is 10.9 Å². The molecule has 1 fully saturated rings. The number of ether oxygens (including phenoxy) is 2. The van der Waals surface area contributed by atoms with Gasteiger partial charge in [0.1, 0.15) is 5.82 Å². The van der Waals surface area contributed by atoms with Gasteiger partial charge in [-0.25, -0.2) is 4.39 Å². The van der Waals surface area contributed by atoms with Crippen LogP contribution in [0, 0.1) is 5.82 Å². The van der Waals surface area contributed by atoms with E-state index < -0.39 is 0 Å². The second kappa shape index (κ2) is 10.7. The molecule has 0 radical (unpaired) electrons. The number of benzene rings is 2. The summed E-state index contributed by atoms with van der Waals surface area (Å²) in [7, 11) is 0. The van der Waals surface area contributed by atoms with E-state index in [1.165, 1.54) is 12.1 Å². The molecule has 3 aromatic rings. The van der Waals surface area contributed by atoms with E-state index in [4.69, 9.17) is 9.47 Å². The van der Waals surface area contributed by atoms with Gasteiger partial charge >= 0.3 is 0 Å². The first kappa shape index (κ1) is 22.5. The first-order valence-electron chi connectivity index (χ1n) is 11.2. The normalized spacial score (nSPS) is 14.2. The highest BCUT2D eigenvalue weighted by Gasteiger charge is 2.15. The highest BCUT2D eigenvalue weighted by atomic mass is 19.1. The van der Waals surface area contributed by atoms with Crippen LogP contribution in [-0.2, 0) is 29.1 Å².